The molecule has 0 aliphatic heterocycles. The monoisotopic (exact) mass is 302 g/mol. The van der Waals surface area contributed by atoms with Gasteiger partial charge in [0, 0.05) is 24.3 Å². The van der Waals surface area contributed by atoms with E-state index in [4.69, 9.17) is 0 Å². The van der Waals surface area contributed by atoms with Gasteiger partial charge in [-0.15, -0.1) is 0 Å². The second-order valence-electron chi connectivity index (χ2n) is 4.96. The van der Waals surface area contributed by atoms with Crippen molar-refractivity contribution in [3.63, 3.8) is 0 Å². The summed E-state index contributed by atoms with van der Waals surface area (Å²) < 4.78 is 37.9. The van der Waals surface area contributed by atoms with Gasteiger partial charge in [-0.3, -0.25) is 4.98 Å². The van der Waals surface area contributed by atoms with Crippen LogP contribution in [0, 0.1) is 0 Å². The number of rotatable bonds is 2. The van der Waals surface area contributed by atoms with E-state index in [1.165, 1.54) is 12.1 Å². The van der Waals surface area contributed by atoms with E-state index >= 15 is 0 Å². The molecule has 0 N–H and O–H groups in total. The summed E-state index contributed by atoms with van der Waals surface area (Å²) in [6.07, 6.45) is -2.62. The third kappa shape index (κ3) is 2.62. The highest BCUT2D eigenvalue weighted by Gasteiger charge is 2.30. The Hall–Kier alpha value is -2.56. The highest BCUT2D eigenvalue weighted by atomic mass is 19.4. The van der Waals surface area contributed by atoms with E-state index in [2.05, 4.69) is 4.98 Å². The number of pyridine rings is 1. The van der Waals surface area contributed by atoms with E-state index in [1.54, 1.807) is 6.20 Å². The van der Waals surface area contributed by atoms with E-state index in [-0.39, 0.29) is 0 Å². The first kappa shape index (κ1) is 14.4. The van der Waals surface area contributed by atoms with Gasteiger partial charge < -0.3 is 4.90 Å². The molecule has 0 radical (unpaired) electrons. The van der Waals surface area contributed by atoms with Gasteiger partial charge in [0.05, 0.1) is 16.8 Å². The molecule has 0 spiro atoms. The average Bonchev–Trinajstić information content (AvgIpc) is 2.53. The second kappa shape index (κ2) is 5.33. The molecule has 0 bridgehead atoms. The van der Waals surface area contributed by atoms with Crippen molar-refractivity contribution in [3.8, 4) is 0 Å². The van der Waals surface area contributed by atoms with Gasteiger partial charge in [0.1, 0.15) is 0 Å². The van der Waals surface area contributed by atoms with Crippen molar-refractivity contribution in [3.05, 3.63) is 66.4 Å². The minimum absolute atomic E-state index is 0.652. The van der Waals surface area contributed by atoms with Crippen LogP contribution in [0.1, 0.15) is 5.56 Å². The molecule has 5 heteroatoms. The van der Waals surface area contributed by atoms with Crippen LogP contribution in [0.4, 0.5) is 24.5 Å². The van der Waals surface area contributed by atoms with Gasteiger partial charge in [-0.2, -0.15) is 13.2 Å². The van der Waals surface area contributed by atoms with Gasteiger partial charge in [-0.05, 0) is 36.4 Å². The van der Waals surface area contributed by atoms with Gasteiger partial charge in [0.15, 0.2) is 0 Å². The van der Waals surface area contributed by atoms with E-state index < -0.39 is 11.7 Å². The number of alkyl halides is 3. The van der Waals surface area contributed by atoms with Crippen molar-refractivity contribution in [2.24, 2.45) is 0 Å². The normalized spacial score (nSPS) is 11.6. The molecule has 0 amide bonds. The molecule has 3 aromatic rings. The van der Waals surface area contributed by atoms with E-state index in [0.717, 1.165) is 28.7 Å². The van der Waals surface area contributed by atoms with Crippen LogP contribution in [0.3, 0.4) is 0 Å². The zero-order chi connectivity index (χ0) is 15.7. The van der Waals surface area contributed by atoms with Crippen molar-refractivity contribution in [1.29, 1.82) is 0 Å². The lowest BCUT2D eigenvalue weighted by atomic mass is 10.1. The summed E-state index contributed by atoms with van der Waals surface area (Å²) in [5.74, 6) is 0. The van der Waals surface area contributed by atoms with Crippen LogP contribution in [0.2, 0.25) is 0 Å². The Morgan fingerprint density at radius 2 is 1.59 bits per heavy atom. The topological polar surface area (TPSA) is 16.1 Å². The predicted octanol–water partition coefficient (Wildman–Crippen LogP) is 5.02. The molecule has 22 heavy (non-hydrogen) atoms. The Kier molecular flexibility index (Phi) is 3.48. The molecule has 0 fully saturated rings. The maximum absolute atomic E-state index is 12.6. The SMILES string of the molecule is CN(c1ccc(C(F)(F)F)cc1)c1cccc2cccnc12. The molecule has 3 rings (SSSR count). The Morgan fingerprint density at radius 3 is 2.27 bits per heavy atom. The summed E-state index contributed by atoms with van der Waals surface area (Å²) in [4.78, 5) is 6.19. The molecular formula is C17H13F3N2. The number of nitrogens with zero attached hydrogens (tertiary/aromatic N) is 2. The fourth-order valence-corrected chi connectivity index (χ4v) is 2.37. The van der Waals surface area contributed by atoms with Crippen molar-refractivity contribution in [2.45, 2.75) is 6.18 Å². The second-order valence-corrected chi connectivity index (χ2v) is 4.96. The van der Waals surface area contributed by atoms with Crippen molar-refractivity contribution < 1.29 is 13.2 Å². The molecule has 2 nitrogen and oxygen atoms in total. The lowest BCUT2D eigenvalue weighted by molar-refractivity contribution is -0.137. The molecule has 0 unspecified atom stereocenters. The Morgan fingerprint density at radius 1 is 0.909 bits per heavy atom. The maximum Gasteiger partial charge on any atom is 0.416 e. The summed E-state index contributed by atoms with van der Waals surface area (Å²) >= 11 is 0. The smallest absolute Gasteiger partial charge is 0.343 e. The zero-order valence-electron chi connectivity index (χ0n) is 11.8. The van der Waals surface area contributed by atoms with E-state index in [1.807, 2.05) is 42.3 Å². The summed E-state index contributed by atoms with van der Waals surface area (Å²) in [5, 5.41) is 0.985. The quantitative estimate of drug-likeness (QED) is 0.660. The Balaban J connectivity index is 2.01. The number of aromatic nitrogens is 1. The van der Waals surface area contributed by atoms with Gasteiger partial charge >= 0.3 is 6.18 Å². The molecule has 0 saturated carbocycles. The molecule has 1 aromatic heterocycles. The summed E-state index contributed by atoms with van der Waals surface area (Å²) in [7, 11) is 1.81. The minimum Gasteiger partial charge on any atom is -0.343 e. The van der Waals surface area contributed by atoms with Crippen molar-refractivity contribution in [1.82, 2.24) is 4.98 Å². The lowest BCUT2D eigenvalue weighted by Crippen LogP contribution is -2.11. The molecule has 0 saturated heterocycles. The highest BCUT2D eigenvalue weighted by Crippen LogP contribution is 2.33. The fraction of sp³-hybridized carbons (Fsp3) is 0.118. The Bertz CT molecular complexity index is 790. The standard InChI is InChI=1S/C17H13F3N2/c1-22(14-9-7-13(8-10-14)17(18,19)20)15-6-2-4-12-5-3-11-21-16(12)15/h2-11H,1H3. The van der Waals surface area contributed by atoms with Crippen molar-refractivity contribution in [2.75, 3.05) is 11.9 Å². The van der Waals surface area contributed by atoms with Gasteiger partial charge in [-0.1, -0.05) is 18.2 Å². The van der Waals surface area contributed by atoms with Crippen LogP contribution in [0.5, 0.6) is 0 Å². The van der Waals surface area contributed by atoms with Crippen LogP contribution in [-0.2, 0) is 6.18 Å². The third-order valence-corrected chi connectivity index (χ3v) is 3.55. The van der Waals surface area contributed by atoms with Gasteiger partial charge in [-0.25, -0.2) is 0 Å². The Labute approximate surface area is 125 Å². The van der Waals surface area contributed by atoms with Crippen molar-refractivity contribution >= 4 is 22.3 Å². The third-order valence-electron chi connectivity index (χ3n) is 3.55. The van der Waals surface area contributed by atoms with Crippen LogP contribution in [0.15, 0.2) is 60.8 Å². The molecule has 0 aliphatic rings. The van der Waals surface area contributed by atoms with E-state index in [9.17, 15) is 13.2 Å². The molecule has 0 aliphatic carbocycles. The molecule has 1 heterocycles. The number of hydrogen-bond acceptors (Lipinski definition) is 2. The fourth-order valence-electron chi connectivity index (χ4n) is 2.37. The predicted molar refractivity (Wildman–Crippen MR) is 81.3 cm³/mol. The largest absolute Gasteiger partial charge is 0.416 e. The maximum atomic E-state index is 12.6. The lowest BCUT2D eigenvalue weighted by Gasteiger charge is -2.21. The van der Waals surface area contributed by atoms with Gasteiger partial charge in [0.25, 0.3) is 0 Å². The zero-order valence-corrected chi connectivity index (χ0v) is 11.8. The number of hydrogen-bond donors (Lipinski definition) is 0. The average molecular weight is 302 g/mol. The number of anilines is 2. The molecule has 2 aromatic carbocycles. The van der Waals surface area contributed by atoms with Crippen LogP contribution in [0.25, 0.3) is 10.9 Å². The summed E-state index contributed by atoms with van der Waals surface area (Å²) in [6, 6.07) is 14.7. The first-order valence-corrected chi connectivity index (χ1v) is 6.71. The van der Waals surface area contributed by atoms with Crippen LogP contribution >= 0.6 is 0 Å². The number of fused-ring (bicyclic) bond motifs is 1. The first-order chi connectivity index (χ1) is 10.5. The van der Waals surface area contributed by atoms with Crippen LogP contribution in [-0.4, -0.2) is 12.0 Å². The van der Waals surface area contributed by atoms with E-state index in [0.29, 0.717) is 5.69 Å². The number of para-hydroxylation sites is 1. The molecular weight excluding hydrogens is 289 g/mol. The number of benzene rings is 2. The summed E-state index contributed by atoms with van der Waals surface area (Å²) in [5.41, 5.74) is 1.68. The highest BCUT2D eigenvalue weighted by molar-refractivity contribution is 5.92. The molecule has 112 valence electrons. The minimum atomic E-state index is -4.32. The van der Waals surface area contributed by atoms with Gasteiger partial charge in [0.2, 0.25) is 0 Å². The summed E-state index contributed by atoms with van der Waals surface area (Å²) in [6.45, 7) is 0. The first-order valence-electron chi connectivity index (χ1n) is 6.71. The molecule has 0 atom stereocenters. The van der Waals surface area contributed by atoms with Crippen LogP contribution < -0.4 is 4.90 Å². The number of halogens is 3.